The summed E-state index contributed by atoms with van der Waals surface area (Å²) in [7, 11) is 0. The standard InChI is InChI=1S/C18H34N6O.HI/c1-3-5-6-8-12-20-17(19-4-2)21-13-10-15-24-18(25)23-14-9-7-11-16(23)22-24;/h3-15H2,1-2H3,(H2,19,20,21);1H. The maximum absolute atomic E-state index is 12.3. The Balaban J connectivity index is 0.00000338. The van der Waals surface area contributed by atoms with Crippen LogP contribution in [0.1, 0.15) is 64.6 Å². The van der Waals surface area contributed by atoms with Crippen LogP contribution in [0.2, 0.25) is 0 Å². The van der Waals surface area contributed by atoms with Crippen LogP contribution in [-0.2, 0) is 19.5 Å². The first-order valence-corrected chi connectivity index (χ1v) is 9.95. The van der Waals surface area contributed by atoms with Crippen LogP contribution in [-0.4, -0.2) is 39.9 Å². The van der Waals surface area contributed by atoms with Crippen LogP contribution in [0.3, 0.4) is 0 Å². The number of guanidine groups is 1. The van der Waals surface area contributed by atoms with Gasteiger partial charge in [-0.1, -0.05) is 26.2 Å². The first-order valence-electron chi connectivity index (χ1n) is 9.95. The van der Waals surface area contributed by atoms with Crippen molar-refractivity contribution in [1.82, 2.24) is 25.0 Å². The summed E-state index contributed by atoms with van der Waals surface area (Å²) >= 11 is 0. The van der Waals surface area contributed by atoms with Gasteiger partial charge in [-0.15, -0.1) is 24.0 Å². The van der Waals surface area contributed by atoms with Gasteiger partial charge in [-0.05, 0) is 32.6 Å². The van der Waals surface area contributed by atoms with E-state index in [1.54, 1.807) is 4.68 Å². The molecule has 1 aliphatic rings. The Hall–Kier alpha value is -1.06. The van der Waals surface area contributed by atoms with Gasteiger partial charge in [0.25, 0.3) is 0 Å². The van der Waals surface area contributed by atoms with Gasteiger partial charge in [-0.2, -0.15) is 5.10 Å². The summed E-state index contributed by atoms with van der Waals surface area (Å²) in [5.74, 6) is 1.82. The van der Waals surface area contributed by atoms with E-state index in [1.807, 2.05) is 4.57 Å². The Bertz CT molecular complexity index is 595. The number of aliphatic imine (C=N–C) groups is 1. The number of nitrogens with one attached hydrogen (secondary N) is 2. The molecule has 7 nitrogen and oxygen atoms in total. The lowest BCUT2D eigenvalue weighted by atomic mass is 10.2. The molecular weight excluding hydrogens is 443 g/mol. The molecule has 0 radical (unpaired) electrons. The molecule has 2 N–H and O–H groups in total. The third-order valence-electron chi connectivity index (χ3n) is 4.50. The van der Waals surface area contributed by atoms with Gasteiger partial charge in [-0.3, -0.25) is 9.56 Å². The van der Waals surface area contributed by atoms with Crippen LogP contribution >= 0.6 is 24.0 Å². The zero-order chi connectivity index (χ0) is 17.9. The molecule has 1 aromatic rings. The number of hydrogen-bond acceptors (Lipinski definition) is 3. The second kappa shape index (κ2) is 13.2. The number of unbranched alkanes of at least 4 members (excludes halogenated alkanes) is 3. The summed E-state index contributed by atoms with van der Waals surface area (Å²) in [6.45, 7) is 8.26. The zero-order valence-electron chi connectivity index (χ0n) is 16.3. The summed E-state index contributed by atoms with van der Waals surface area (Å²) < 4.78 is 3.44. The lowest BCUT2D eigenvalue weighted by Crippen LogP contribution is -2.38. The molecule has 2 heterocycles. The first kappa shape index (κ1) is 23.0. The van der Waals surface area contributed by atoms with E-state index >= 15 is 0 Å². The minimum Gasteiger partial charge on any atom is -0.357 e. The highest BCUT2D eigenvalue weighted by Crippen LogP contribution is 2.09. The summed E-state index contributed by atoms with van der Waals surface area (Å²) in [5, 5.41) is 11.1. The van der Waals surface area contributed by atoms with Crippen molar-refractivity contribution in [2.75, 3.05) is 19.6 Å². The fourth-order valence-corrected chi connectivity index (χ4v) is 3.11. The summed E-state index contributed by atoms with van der Waals surface area (Å²) in [6, 6.07) is 0. The van der Waals surface area contributed by atoms with Gasteiger partial charge >= 0.3 is 5.69 Å². The monoisotopic (exact) mass is 478 g/mol. The molecule has 0 bridgehead atoms. The van der Waals surface area contributed by atoms with Gasteiger partial charge in [0.05, 0.1) is 0 Å². The third-order valence-corrected chi connectivity index (χ3v) is 4.50. The van der Waals surface area contributed by atoms with Crippen molar-refractivity contribution in [2.24, 2.45) is 4.99 Å². The highest BCUT2D eigenvalue weighted by molar-refractivity contribution is 14.0. The van der Waals surface area contributed by atoms with Crippen LogP contribution in [0, 0.1) is 0 Å². The van der Waals surface area contributed by atoms with Crippen molar-refractivity contribution < 1.29 is 0 Å². The predicted octanol–water partition coefficient (Wildman–Crippen LogP) is 2.52. The minimum absolute atomic E-state index is 0. The average Bonchev–Trinajstić information content (AvgIpc) is 2.94. The number of hydrogen-bond donors (Lipinski definition) is 2. The largest absolute Gasteiger partial charge is 0.357 e. The van der Waals surface area contributed by atoms with E-state index in [0.717, 1.165) is 57.1 Å². The van der Waals surface area contributed by atoms with E-state index in [4.69, 9.17) is 0 Å². The number of halogens is 1. The molecule has 150 valence electrons. The van der Waals surface area contributed by atoms with Gasteiger partial charge < -0.3 is 10.6 Å². The van der Waals surface area contributed by atoms with Crippen molar-refractivity contribution >= 4 is 29.9 Å². The molecule has 0 aromatic carbocycles. The molecule has 0 spiro atoms. The molecule has 2 rings (SSSR count). The van der Waals surface area contributed by atoms with Crippen LogP contribution in [0.5, 0.6) is 0 Å². The van der Waals surface area contributed by atoms with Crippen molar-refractivity contribution in [1.29, 1.82) is 0 Å². The lowest BCUT2D eigenvalue weighted by Gasteiger charge is -2.11. The normalized spacial score (nSPS) is 13.8. The van der Waals surface area contributed by atoms with Gasteiger partial charge in [-0.25, -0.2) is 9.48 Å². The Morgan fingerprint density at radius 2 is 2.00 bits per heavy atom. The third kappa shape index (κ3) is 7.28. The maximum Gasteiger partial charge on any atom is 0.345 e. The van der Waals surface area contributed by atoms with E-state index < -0.39 is 0 Å². The molecule has 0 unspecified atom stereocenters. The van der Waals surface area contributed by atoms with E-state index in [-0.39, 0.29) is 29.7 Å². The summed E-state index contributed by atoms with van der Waals surface area (Å²) in [6.07, 6.45) is 8.94. The highest BCUT2D eigenvalue weighted by atomic mass is 127. The van der Waals surface area contributed by atoms with E-state index in [0.29, 0.717) is 13.1 Å². The summed E-state index contributed by atoms with van der Waals surface area (Å²) in [5.41, 5.74) is 0.0413. The van der Waals surface area contributed by atoms with Crippen molar-refractivity contribution in [3.05, 3.63) is 16.3 Å². The number of fused-ring (bicyclic) bond motifs is 1. The molecule has 1 aliphatic heterocycles. The molecular formula is C18H35IN6O. The molecule has 0 fully saturated rings. The molecule has 0 amide bonds. The quantitative estimate of drug-likeness (QED) is 0.235. The number of rotatable bonds is 10. The van der Waals surface area contributed by atoms with Gasteiger partial charge in [0.15, 0.2) is 5.96 Å². The van der Waals surface area contributed by atoms with Gasteiger partial charge in [0, 0.05) is 39.1 Å². The Kier molecular flexibility index (Phi) is 11.6. The molecule has 1 aromatic heterocycles. The molecule has 0 saturated heterocycles. The van der Waals surface area contributed by atoms with E-state index in [9.17, 15) is 4.79 Å². The maximum atomic E-state index is 12.3. The fourth-order valence-electron chi connectivity index (χ4n) is 3.11. The Labute approximate surface area is 174 Å². The van der Waals surface area contributed by atoms with Crippen molar-refractivity contribution in [3.63, 3.8) is 0 Å². The van der Waals surface area contributed by atoms with Crippen molar-refractivity contribution in [3.8, 4) is 0 Å². The number of nitrogens with zero attached hydrogens (tertiary/aromatic N) is 4. The van der Waals surface area contributed by atoms with Gasteiger partial charge in [0.1, 0.15) is 5.82 Å². The molecule has 26 heavy (non-hydrogen) atoms. The van der Waals surface area contributed by atoms with E-state index in [1.165, 1.54) is 25.7 Å². The Morgan fingerprint density at radius 3 is 2.73 bits per heavy atom. The van der Waals surface area contributed by atoms with E-state index in [2.05, 4.69) is 34.6 Å². The first-order chi connectivity index (χ1) is 12.3. The Morgan fingerprint density at radius 1 is 1.15 bits per heavy atom. The molecule has 8 heteroatoms. The van der Waals surface area contributed by atoms with Crippen molar-refractivity contribution in [2.45, 2.75) is 78.3 Å². The second-order valence-corrected chi connectivity index (χ2v) is 6.63. The lowest BCUT2D eigenvalue weighted by molar-refractivity contribution is 0.509. The van der Waals surface area contributed by atoms with Crippen LogP contribution in [0.25, 0.3) is 0 Å². The molecule has 0 aliphatic carbocycles. The number of aromatic nitrogens is 3. The average molecular weight is 478 g/mol. The van der Waals surface area contributed by atoms with Crippen LogP contribution in [0.15, 0.2) is 9.79 Å². The zero-order valence-corrected chi connectivity index (χ0v) is 18.6. The smallest absolute Gasteiger partial charge is 0.345 e. The predicted molar refractivity (Wildman–Crippen MR) is 118 cm³/mol. The minimum atomic E-state index is 0. The van der Waals surface area contributed by atoms with Crippen LogP contribution in [0.4, 0.5) is 0 Å². The SMILES string of the molecule is CCCCCCNC(=NCCCn1nc2n(c1=O)CCCC2)NCC.I. The molecule has 0 atom stereocenters. The fraction of sp³-hybridized carbons (Fsp3) is 0.833. The topological polar surface area (TPSA) is 76.2 Å². The van der Waals surface area contributed by atoms with Crippen LogP contribution < -0.4 is 16.3 Å². The summed E-state index contributed by atoms with van der Waals surface area (Å²) in [4.78, 5) is 16.9. The number of aryl methyl sites for hydroxylation is 2. The highest BCUT2D eigenvalue weighted by Gasteiger charge is 2.15. The second-order valence-electron chi connectivity index (χ2n) is 6.63. The van der Waals surface area contributed by atoms with Gasteiger partial charge in [0.2, 0.25) is 0 Å². The molecule has 0 saturated carbocycles.